The van der Waals surface area contributed by atoms with Crippen LogP contribution in [0.2, 0.25) is 0 Å². The van der Waals surface area contributed by atoms with Crippen molar-refractivity contribution in [2.45, 2.75) is 0 Å². The summed E-state index contributed by atoms with van der Waals surface area (Å²) in [5.74, 6) is 0.420. The van der Waals surface area contributed by atoms with Crippen LogP contribution in [0.4, 0.5) is 21.1 Å². The van der Waals surface area contributed by atoms with Crippen LogP contribution < -0.4 is 16.6 Å². The highest BCUT2D eigenvalue weighted by Gasteiger charge is 2.06. The number of fused-ring (bicyclic) bond motifs is 1. The Morgan fingerprint density at radius 3 is 3.00 bits per heavy atom. The van der Waals surface area contributed by atoms with Crippen molar-refractivity contribution in [2.75, 3.05) is 11.1 Å². The van der Waals surface area contributed by atoms with Crippen molar-refractivity contribution in [3.05, 3.63) is 46.9 Å². The van der Waals surface area contributed by atoms with E-state index in [1.54, 1.807) is 24.4 Å². The van der Waals surface area contributed by atoms with Crippen LogP contribution in [0.15, 0.2) is 41.3 Å². The zero-order valence-electron chi connectivity index (χ0n) is 10.1. The summed E-state index contributed by atoms with van der Waals surface area (Å²) < 4.78 is 13.8. The Labute approximate surface area is 117 Å². The van der Waals surface area contributed by atoms with Crippen LogP contribution in [-0.4, -0.2) is 14.2 Å². The average molecular weight is 291 g/mol. The van der Waals surface area contributed by atoms with E-state index in [1.165, 1.54) is 16.2 Å². The summed E-state index contributed by atoms with van der Waals surface area (Å²) in [5.41, 5.74) is 7.34. The van der Waals surface area contributed by atoms with Gasteiger partial charge in [0.2, 0.25) is 5.56 Å². The third-order valence-electron chi connectivity index (χ3n) is 2.82. The summed E-state index contributed by atoms with van der Waals surface area (Å²) in [5, 5.41) is 7.68. The van der Waals surface area contributed by atoms with Crippen LogP contribution in [0.25, 0.3) is 10.9 Å². The molecule has 0 aliphatic carbocycles. The molecule has 0 radical (unpaired) electrons. The molecule has 20 heavy (non-hydrogen) atoms. The third-order valence-corrected chi connectivity index (χ3v) is 3.24. The van der Waals surface area contributed by atoms with Gasteiger partial charge in [-0.25, -0.2) is 0 Å². The van der Waals surface area contributed by atoms with Crippen LogP contribution >= 0.6 is 12.3 Å². The molecule has 0 aliphatic heterocycles. The summed E-state index contributed by atoms with van der Waals surface area (Å²) in [6.07, 6.45) is 1.56. The molecule has 102 valence electrons. The molecule has 3 aromatic rings. The van der Waals surface area contributed by atoms with E-state index < -0.39 is 0 Å². The number of nitrogens with one attached hydrogen (secondary N) is 2. The molecule has 0 atom stereocenters. The van der Waals surface area contributed by atoms with Crippen molar-refractivity contribution >= 4 is 40.4 Å². The van der Waals surface area contributed by atoms with Gasteiger partial charge in [-0.15, -0.1) is 3.89 Å². The molecular weight excluding hydrogens is 281 g/mol. The van der Waals surface area contributed by atoms with Crippen LogP contribution in [0.5, 0.6) is 0 Å². The number of pyridine rings is 1. The van der Waals surface area contributed by atoms with Gasteiger partial charge in [0.15, 0.2) is 12.3 Å². The van der Waals surface area contributed by atoms with Gasteiger partial charge in [-0.3, -0.25) is 4.79 Å². The number of nitrogen functional groups attached to an aromatic ring is 1. The summed E-state index contributed by atoms with van der Waals surface area (Å²) in [4.78, 5) is 13.9. The minimum absolute atomic E-state index is 0.0369. The average Bonchev–Trinajstić information content (AvgIpc) is 2.85. The number of aromatic nitrogens is 3. The summed E-state index contributed by atoms with van der Waals surface area (Å²) in [6, 6.07) is 8.15. The van der Waals surface area contributed by atoms with Gasteiger partial charge < -0.3 is 16.0 Å². The van der Waals surface area contributed by atoms with Gasteiger partial charge in [-0.2, -0.15) is 9.19 Å². The van der Waals surface area contributed by atoms with E-state index in [9.17, 15) is 8.68 Å². The summed E-state index contributed by atoms with van der Waals surface area (Å²) in [6.45, 7) is 0. The van der Waals surface area contributed by atoms with Crippen molar-refractivity contribution < 1.29 is 3.89 Å². The minimum Gasteiger partial charge on any atom is -0.396 e. The fraction of sp³-hybridized carbons (Fsp3) is 0. The smallest absolute Gasteiger partial charge is 0.249 e. The van der Waals surface area contributed by atoms with Crippen LogP contribution in [0.1, 0.15) is 0 Å². The van der Waals surface area contributed by atoms with Crippen molar-refractivity contribution in [1.82, 2.24) is 14.2 Å². The Balaban J connectivity index is 1.98. The fourth-order valence-corrected chi connectivity index (χ4v) is 2.20. The highest BCUT2D eigenvalue weighted by Crippen LogP contribution is 2.25. The van der Waals surface area contributed by atoms with Crippen molar-refractivity contribution in [3.8, 4) is 0 Å². The van der Waals surface area contributed by atoms with Crippen molar-refractivity contribution in [1.29, 1.82) is 0 Å². The van der Waals surface area contributed by atoms with Gasteiger partial charge in [0.05, 0.1) is 17.4 Å². The molecule has 8 heteroatoms. The Bertz CT molecular complexity index is 828. The lowest BCUT2D eigenvalue weighted by Gasteiger charge is -2.08. The van der Waals surface area contributed by atoms with Gasteiger partial charge in [0, 0.05) is 17.1 Å². The molecule has 2 heterocycles. The van der Waals surface area contributed by atoms with Gasteiger partial charge >= 0.3 is 0 Å². The van der Waals surface area contributed by atoms with Gasteiger partial charge in [-0.1, -0.05) is 0 Å². The number of benzene rings is 1. The van der Waals surface area contributed by atoms with Crippen molar-refractivity contribution in [3.63, 3.8) is 0 Å². The molecule has 4 N–H and O–H groups in total. The maximum absolute atomic E-state index is 12.6. The van der Waals surface area contributed by atoms with Gasteiger partial charge in [-0.05, 0) is 24.3 Å². The quantitative estimate of drug-likeness (QED) is 0.689. The first-order valence-corrected chi connectivity index (χ1v) is 6.37. The fourth-order valence-electron chi connectivity index (χ4n) is 1.88. The van der Waals surface area contributed by atoms with E-state index in [1.807, 2.05) is 0 Å². The summed E-state index contributed by atoms with van der Waals surface area (Å²) >= 11 is 0.0369. The molecule has 3 rings (SSSR count). The topological polar surface area (TPSA) is 88.7 Å². The number of H-pyrrole nitrogens is 1. The molecule has 1 aromatic carbocycles. The Hall–Kier alpha value is -2.48. The van der Waals surface area contributed by atoms with E-state index >= 15 is 0 Å². The molecule has 0 saturated carbocycles. The number of hydrogen-bond donors (Lipinski definition) is 3. The standard InChI is InChI=1S/C12H10FN5OS/c13-20-18-10-3-1-8(5-7(10)6-15-18)16-12-9(14)2-4-11(19)17-12/h1-6H,14H2,(H2,16,17,19). The number of anilines is 3. The predicted octanol–water partition coefficient (Wildman–Crippen LogP) is 2.43. The largest absolute Gasteiger partial charge is 0.396 e. The molecular formula is C12H10FN5OS. The normalized spacial score (nSPS) is 10.8. The van der Waals surface area contributed by atoms with E-state index in [0.29, 0.717) is 17.0 Å². The Morgan fingerprint density at radius 2 is 2.20 bits per heavy atom. The Kier molecular flexibility index (Phi) is 3.07. The molecule has 0 aliphatic rings. The molecule has 0 unspecified atom stereocenters. The second-order valence-electron chi connectivity index (χ2n) is 4.14. The van der Waals surface area contributed by atoms with Gasteiger partial charge in [0.1, 0.15) is 5.82 Å². The van der Waals surface area contributed by atoms with Crippen LogP contribution in [-0.2, 0) is 0 Å². The number of nitrogens with two attached hydrogens (primary N) is 1. The van der Waals surface area contributed by atoms with E-state index in [0.717, 1.165) is 11.1 Å². The maximum Gasteiger partial charge on any atom is 0.249 e. The van der Waals surface area contributed by atoms with Crippen LogP contribution in [0, 0.1) is 0 Å². The predicted molar refractivity (Wildman–Crippen MR) is 78.6 cm³/mol. The summed E-state index contributed by atoms with van der Waals surface area (Å²) in [7, 11) is 0. The molecule has 0 spiro atoms. The lowest BCUT2D eigenvalue weighted by Crippen LogP contribution is -2.09. The zero-order valence-corrected chi connectivity index (χ0v) is 10.9. The first kappa shape index (κ1) is 12.5. The molecule has 2 aromatic heterocycles. The number of aromatic amines is 1. The lowest BCUT2D eigenvalue weighted by atomic mass is 10.2. The second kappa shape index (κ2) is 4.89. The van der Waals surface area contributed by atoms with Crippen LogP contribution in [0.3, 0.4) is 0 Å². The molecule has 0 bridgehead atoms. The number of hydrogen-bond acceptors (Lipinski definition) is 5. The molecule has 0 saturated heterocycles. The second-order valence-corrected chi connectivity index (χ2v) is 4.62. The highest BCUT2D eigenvalue weighted by atomic mass is 32.2. The van der Waals surface area contributed by atoms with E-state index in [4.69, 9.17) is 5.73 Å². The van der Waals surface area contributed by atoms with E-state index in [2.05, 4.69) is 15.4 Å². The molecule has 0 fully saturated rings. The SMILES string of the molecule is Nc1ccc(=O)[nH]c1Nc1ccc2c(cnn2SF)c1. The monoisotopic (exact) mass is 291 g/mol. The lowest BCUT2D eigenvalue weighted by molar-refractivity contribution is 0.888. The third kappa shape index (κ3) is 2.21. The zero-order chi connectivity index (χ0) is 14.1. The first-order valence-electron chi connectivity index (χ1n) is 5.70. The van der Waals surface area contributed by atoms with Crippen molar-refractivity contribution in [2.24, 2.45) is 0 Å². The number of halogens is 1. The Morgan fingerprint density at radius 1 is 1.35 bits per heavy atom. The van der Waals surface area contributed by atoms with Gasteiger partial charge in [0.25, 0.3) is 0 Å². The molecule has 6 nitrogen and oxygen atoms in total. The first-order chi connectivity index (χ1) is 9.67. The molecule has 0 amide bonds. The highest BCUT2D eigenvalue weighted by molar-refractivity contribution is 7.92. The van der Waals surface area contributed by atoms with E-state index in [-0.39, 0.29) is 17.9 Å². The minimum atomic E-state index is -0.246. The number of nitrogens with zero attached hydrogens (tertiary/aromatic N) is 2. The number of rotatable bonds is 3. The maximum atomic E-state index is 12.6.